The first-order chi connectivity index (χ1) is 8.25. The van der Waals surface area contributed by atoms with Gasteiger partial charge in [-0.05, 0) is 5.56 Å². The van der Waals surface area contributed by atoms with Crippen molar-refractivity contribution in [3.63, 3.8) is 0 Å². The van der Waals surface area contributed by atoms with Crippen molar-refractivity contribution in [1.82, 2.24) is 15.0 Å². The molecule has 0 fully saturated rings. The van der Waals surface area contributed by atoms with Gasteiger partial charge in [-0.3, -0.25) is 9.78 Å². The van der Waals surface area contributed by atoms with Crippen LogP contribution in [0, 0.1) is 0 Å². The Balaban J connectivity index is 2.36. The van der Waals surface area contributed by atoms with Crippen LogP contribution in [0.3, 0.4) is 0 Å². The lowest BCUT2D eigenvalue weighted by Crippen LogP contribution is -2.10. The number of nitrogens with zero attached hydrogens (tertiary/aromatic N) is 1. The van der Waals surface area contributed by atoms with Crippen molar-refractivity contribution in [3.8, 4) is 11.1 Å². The lowest BCUT2D eigenvalue weighted by Gasteiger charge is -1.98. The number of aromatic nitrogens is 3. The van der Waals surface area contributed by atoms with Gasteiger partial charge in [0.1, 0.15) is 11.0 Å². The van der Waals surface area contributed by atoms with Gasteiger partial charge >= 0.3 is 0 Å². The highest BCUT2D eigenvalue weighted by Crippen LogP contribution is 2.25. The number of H-pyrrole nitrogens is 2. The summed E-state index contributed by atoms with van der Waals surface area (Å²) in [6, 6.07) is 9.73. The molecule has 17 heavy (non-hydrogen) atoms. The van der Waals surface area contributed by atoms with Gasteiger partial charge in [0.15, 0.2) is 0 Å². The van der Waals surface area contributed by atoms with Gasteiger partial charge in [-0.1, -0.05) is 30.3 Å². The molecule has 0 saturated carbocycles. The third-order valence-corrected chi connectivity index (χ3v) is 2.64. The summed E-state index contributed by atoms with van der Waals surface area (Å²) in [5, 5.41) is 0. The Kier molecular flexibility index (Phi) is 1.98. The predicted octanol–water partition coefficient (Wildman–Crippen LogP) is 1.50. The zero-order chi connectivity index (χ0) is 11.8. The first-order valence-corrected chi connectivity index (χ1v) is 5.18. The molecule has 0 saturated heterocycles. The Morgan fingerprint density at radius 1 is 1.18 bits per heavy atom. The molecule has 5 heteroatoms. The van der Waals surface area contributed by atoms with Gasteiger partial charge in [0.2, 0.25) is 5.95 Å². The summed E-state index contributed by atoms with van der Waals surface area (Å²) in [6.45, 7) is 0. The minimum absolute atomic E-state index is 0.124. The van der Waals surface area contributed by atoms with E-state index in [4.69, 9.17) is 5.73 Å². The van der Waals surface area contributed by atoms with Crippen molar-refractivity contribution in [2.75, 3.05) is 5.73 Å². The van der Waals surface area contributed by atoms with Gasteiger partial charge in [-0.15, -0.1) is 0 Å². The van der Waals surface area contributed by atoms with Crippen LogP contribution < -0.4 is 11.3 Å². The van der Waals surface area contributed by atoms with Gasteiger partial charge in [0.25, 0.3) is 5.56 Å². The molecule has 0 radical (unpaired) electrons. The highest BCUT2D eigenvalue weighted by atomic mass is 16.1. The van der Waals surface area contributed by atoms with Gasteiger partial charge in [0, 0.05) is 11.8 Å². The number of benzene rings is 1. The Morgan fingerprint density at radius 3 is 2.71 bits per heavy atom. The molecule has 0 aliphatic rings. The van der Waals surface area contributed by atoms with Crippen LogP contribution in [0.5, 0.6) is 0 Å². The molecule has 0 unspecified atom stereocenters. The Labute approximate surface area is 96.3 Å². The van der Waals surface area contributed by atoms with Crippen molar-refractivity contribution in [2.45, 2.75) is 0 Å². The molecule has 0 spiro atoms. The molecule has 0 bridgehead atoms. The molecule has 2 heterocycles. The van der Waals surface area contributed by atoms with Gasteiger partial charge < -0.3 is 10.7 Å². The number of hydrogen-bond acceptors (Lipinski definition) is 3. The fourth-order valence-corrected chi connectivity index (χ4v) is 1.87. The molecule has 4 N–H and O–H groups in total. The molecule has 3 rings (SSSR count). The van der Waals surface area contributed by atoms with E-state index in [0.29, 0.717) is 11.0 Å². The number of nitrogen functional groups attached to an aromatic ring is 1. The fourth-order valence-electron chi connectivity index (χ4n) is 1.87. The Morgan fingerprint density at radius 2 is 1.94 bits per heavy atom. The number of nitrogens with one attached hydrogen (secondary N) is 2. The van der Waals surface area contributed by atoms with E-state index in [1.165, 1.54) is 0 Å². The second-order valence-electron chi connectivity index (χ2n) is 3.74. The molecular weight excluding hydrogens is 216 g/mol. The fraction of sp³-hybridized carbons (Fsp3) is 0. The molecule has 0 amide bonds. The zero-order valence-electron chi connectivity index (χ0n) is 8.90. The summed E-state index contributed by atoms with van der Waals surface area (Å²) in [5.41, 5.74) is 8.20. The van der Waals surface area contributed by atoms with E-state index >= 15 is 0 Å². The highest BCUT2D eigenvalue weighted by molar-refractivity contribution is 5.92. The van der Waals surface area contributed by atoms with Crippen LogP contribution in [0.2, 0.25) is 0 Å². The van der Waals surface area contributed by atoms with E-state index in [1.54, 1.807) is 6.20 Å². The third-order valence-electron chi connectivity index (χ3n) is 2.64. The van der Waals surface area contributed by atoms with Crippen LogP contribution in [0.25, 0.3) is 22.2 Å². The van der Waals surface area contributed by atoms with E-state index in [2.05, 4.69) is 15.0 Å². The summed E-state index contributed by atoms with van der Waals surface area (Å²) < 4.78 is 0. The molecule has 3 aromatic rings. The van der Waals surface area contributed by atoms with E-state index < -0.39 is 0 Å². The van der Waals surface area contributed by atoms with Crippen molar-refractivity contribution in [1.29, 1.82) is 0 Å². The smallest absolute Gasteiger partial charge is 0.276 e. The summed E-state index contributed by atoms with van der Waals surface area (Å²) in [5.74, 6) is 0.124. The van der Waals surface area contributed by atoms with Crippen LogP contribution in [-0.2, 0) is 0 Å². The molecule has 5 nitrogen and oxygen atoms in total. The van der Waals surface area contributed by atoms with Crippen molar-refractivity contribution < 1.29 is 0 Å². The maximum atomic E-state index is 11.6. The molecular formula is C12H10N4O. The van der Waals surface area contributed by atoms with Crippen LogP contribution >= 0.6 is 0 Å². The lowest BCUT2D eigenvalue weighted by molar-refractivity contribution is 1.18. The SMILES string of the molecule is Nc1nc2c(-c3ccccc3)c[nH]c2c(=O)[nH]1. The number of fused-ring (bicyclic) bond motifs is 1. The second-order valence-corrected chi connectivity index (χ2v) is 3.74. The predicted molar refractivity (Wildman–Crippen MR) is 66.6 cm³/mol. The molecule has 84 valence electrons. The standard InChI is InChI=1S/C12H10N4O/c13-12-15-9-8(7-4-2-1-3-5-7)6-14-10(9)11(17)16-12/h1-6,14H,(H3,13,15,16,17). The topological polar surface area (TPSA) is 87.6 Å². The first kappa shape index (κ1) is 9.65. The Bertz CT molecular complexity index is 727. The Hall–Kier alpha value is -2.56. The molecule has 0 atom stereocenters. The molecule has 0 aliphatic carbocycles. The average molecular weight is 226 g/mol. The van der Waals surface area contributed by atoms with Crippen molar-refractivity contribution in [2.24, 2.45) is 0 Å². The van der Waals surface area contributed by atoms with Gasteiger partial charge in [-0.25, -0.2) is 4.98 Å². The number of hydrogen-bond donors (Lipinski definition) is 3. The quantitative estimate of drug-likeness (QED) is 0.587. The van der Waals surface area contributed by atoms with E-state index in [-0.39, 0.29) is 11.5 Å². The zero-order valence-corrected chi connectivity index (χ0v) is 8.90. The van der Waals surface area contributed by atoms with Crippen LogP contribution in [-0.4, -0.2) is 15.0 Å². The largest absolute Gasteiger partial charge is 0.369 e. The summed E-state index contributed by atoms with van der Waals surface area (Å²) >= 11 is 0. The number of rotatable bonds is 1. The third kappa shape index (κ3) is 1.48. The highest BCUT2D eigenvalue weighted by Gasteiger charge is 2.10. The van der Waals surface area contributed by atoms with E-state index in [1.807, 2.05) is 30.3 Å². The summed E-state index contributed by atoms with van der Waals surface area (Å²) in [6.07, 6.45) is 1.77. The van der Waals surface area contributed by atoms with Gasteiger partial charge in [0.05, 0.1) is 0 Å². The normalized spacial score (nSPS) is 10.8. The molecule has 1 aromatic carbocycles. The summed E-state index contributed by atoms with van der Waals surface area (Å²) in [4.78, 5) is 21.2. The molecule has 0 aliphatic heterocycles. The number of nitrogens with two attached hydrogens (primary N) is 1. The van der Waals surface area contributed by atoms with Crippen molar-refractivity contribution in [3.05, 3.63) is 46.9 Å². The average Bonchev–Trinajstić information content (AvgIpc) is 2.74. The van der Waals surface area contributed by atoms with Crippen molar-refractivity contribution >= 4 is 17.0 Å². The lowest BCUT2D eigenvalue weighted by atomic mass is 10.1. The van der Waals surface area contributed by atoms with E-state index in [0.717, 1.165) is 11.1 Å². The monoisotopic (exact) mass is 226 g/mol. The minimum Gasteiger partial charge on any atom is -0.369 e. The minimum atomic E-state index is -0.255. The van der Waals surface area contributed by atoms with Crippen LogP contribution in [0.1, 0.15) is 0 Å². The maximum Gasteiger partial charge on any atom is 0.276 e. The summed E-state index contributed by atoms with van der Waals surface area (Å²) in [7, 11) is 0. The first-order valence-electron chi connectivity index (χ1n) is 5.18. The second kappa shape index (κ2) is 3.48. The van der Waals surface area contributed by atoms with Gasteiger partial charge in [-0.2, -0.15) is 0 Å². The molecule has 2 aromatic heterocycles. The van der Waals surface area contributed by atoms with Crippen LogP contribution in [0.15, 0.2) is 41.3 Å². The maximum absolute atomic E-state index is 11.6. The number of anilines is 1. The number of aromatic amines is 2. The van der Waals surface area contributed by atoms with E-state index in [9.17, 15) is 4.79 Å². The van der Waals surface area contributed by atoms with Crippen LogP contribution in [0.4, 0.5) is 5.95 Å².